The average Bonchev–Trinajstić information content (AvgIpc) is 3.13. The summed E-state index contributed by atoms with van der Waals surface area (Å²) in [4.78, 5) is 57.3. The zero-order chi connectivity index (χ0) is 21.6. The largest absolute Gasteiger partial charge is 0.519 e. The number of nitrogens with one attached hydrogen (secondary N) is 1. The van der Waals surface area contributed by atoms with Gasteiger partial charge in [-0.05, 0) is 25.6 Å². The molecule has 2 aromatic heterocycles. The Balaban J connectivity index is 1.87. The first-order chi connectivity index (χ1) is 13.7. The van der Waals surface area contributed by atoms with Crippen LogP contribution in [0.4, 0.5) is 4.79 Å². The van der Waals surface area contributed by atoms with E-state index in [0.717, 1.165) is 0 Å². The van der Waals surface area contributed by atoms with Crippen LogP contribution in [0, 0.1) is 13.8 Å². The molecule has 29 heavy (non-hydrogen) atoms. The Kier molecular flexibility index (Phi) is 7.47. The molecule has 0 fully saturated rings. The van der Waals surface area contributed by atoms with Crippen molar-refractivity contribution in [3.63, 3.8) is 0 Å². The number of hydrogen-bond acceptors (Lipinski definition) is 12. The number of esters is 1. The van der Waals surface area contributed by atoms with Crippen molar-refractivity contribution in [3.05, 3.63) is 44.3 Å². The predicted molar refractivity (Wildman–Crippen MR) is 94.0 cm³/mol. The summed E-state index contributed by atoms with van der Waals surface area (Å²) in [7, 11) is 0. The maximum absolute atomic E-state index is 12.2. The van der Waals surface area contributed by atoms with Crippen molar-refractivity contribution in [2.24, 2.45) is 0 Å². The predicted octanol–water partition coefficient (Wildman–Crippen LogP) is 1.01. The molecule has 0 radical (unpaired) electrons. The summed E-state index contributed by atoms with van der Waals surface area (Å²) in [5.41, 5.74) is 0. The van der Waals surface area contributed by atoms with Crippen LogP contribution in [0.2, 0.25) is 0 Å². The van der Waals surface area contributed by atoms with Crippen molar-refractivity contribution in [2.45, 2.75) is 40.0 Å². The highest BCUT2D eigenvalue weighted by Gasteiger charge is 2.24. The van der Waals surface area contributed by atoms with E-state index >= 15 is 0 Å². The minimum atomic E-state index is -1.17. The lowest BCUT2D eigenvalue weighted by Crippen LogP contribution is -2.42. The van der Waals surface area contributed by atoms with Crippen LogP contribution in [0.1, 0.15) is 30.0 Å². The molecule has 0 saturated carbocycles. The van der Waals surface area contributed by atoms with Gasteiger partial charge in [0.2, 0.25) is 5.91 Å². The number of hydrogen-bond donors (Lipinski definition) is 1. The molecule has 1 atom stereocenters. The Morgan fingerprint density at radius 2 is 1.45 bits per heavy atom. The van der Waals surface area contributed by atoms with Crippen molar-refractivity contribution in [1.29, 1.82) is 0 Å². The Labute approximate surface area is 166 Å². The van der Waals surface area contributed by atoms with Crippen LogP contribution in [0.5, 0.6) is 0 Å². The molecule has 0 saturated heterocycles. The maximum atomic E-state index is 12.2. The zero-order valence-electron chi connectivity index (χ0n) is 15.6. The molecule has 0 unspecified atom stereocenters. The second kappa shape index (κ2) is 9.82. The second-order valence-electron chi connectivity index (χ2n) is 5.58. The third-order valence-corrected chi connectivity index (χ3v) is 4.22. The Hall–Kier alpha value is -3.22. The monoisotopic (exact) mass is 431 g/mol. The molecule has 158 valence electrons. The summed E-state index contributed by atoms with van der Waals surface area (Å²) < 4.78 is 28.6. The van der Waals surface area contributed by atoms with E-state index in [2.05, 4.69) is 18.6 Å². The summed E-state index contributed by atoms with van der Waals surface area (Å²) in [5, 5.41) is 1.56. The smallest absolute Gasteiger partial charge is 0.456 e. The van der Waals surface area contributed by atoms with Gasteiger partial charge in [-0.1, -0.05) is 0 Å². The van der Waals surface area contributed by atoms with Crippen LogP contribution >= 0.6 is 11.8 Å². The van der Waals surface area contributed by atoms with Crippen molar-refractivity contribution in [3.8, 4) is 0 Å². The fourth-order valence-electron chi connectivity index (χ4n) is 1.98. The van der Waals surface area contributed by atoms with Gasteiger partial charge >= 0.3 is 22.9 Å². The molecule has 1 amide bonds. The van der Waals surface area contributed by atoms with Crippen molar-refractivity contribution < 1.29 is 41.5 Å². The van der Waals surface area contributed by atoms with Crippen LogP contribution in [-0.2, 0) is 32.3 Å². The Bertz CT molecular complexity index is 995. The van der Waals surface area contributed by atoms with E-state index in [1.54, 1.807) is 0 Å². The number of thioether (sulfide) groups is 1. The summed E-state index contributed by atoms with van der Waals surface area (Å²) >= 11 is 0.597. The van der Waals surface area contributed by atoms with Gasteiger partial charge in [-0.15, -0.1) is 0 Å². The highest BCUT2D eigenvalue weighted by atomic mass is 32.2. The number of carbonyl (C=O) groups is 3. The van der Waals surface area contributed by atoms with Gasteiger partial charge in [0.15, 0.2) is 36.3 Å². The normalized spacial score (nSPS) is 11.7. The van der Waals surface area contributed by atoms with Gasteiger partial charge < -0.3 is 32.5 Å². The van der Waals surface area contributed by atoms with Crippen LogP contribution in [-0.4, -0.2) is 29.0 Å². The molecule has 13 heteroatoms. The first-order valence-electron chi connectivity index (χ1n) is 8.07. The molecule has 2 aromatic rings. The van der Waals surface area contributed by atoms with E-state index < -0.39 is 34.9 Å². The highest BCUT2D eigenvalue weighted by molar-refractivity contribution is 8.13. The zero-order valence-corrected chi connectivity index (χ0v) is 16.4. The topological polar surface area (TPSA) is 168 Å². The number of aryl methyl sites for hydroxylation is 2. The lowest BCUT2D eigenvalue weighted by Gasteiger charge is -2.15. The first kappa shape index (κ1) is 22.1. The van der Waals surface area contributed by atoms with Gasteiger partial charge in [-0.2, -0.15) is 0 Å². The van der Waals surface area contributed by atoms with Crippen molar-refractivity contribution >= 4 is 28.9 Å². The van der Waals surface area contributed by atoms with Crippen LogP contribution in [0.25, 0.3) is 0 Å². The summed E-state index contributed by atoms with van der Waals surface area (Å²) in [6.45, 7) is 3.38. The standard InChI is InChI=1S/C16H17NO11S/c1-7-11(27-14(20)25-7)4-23-13(19)10(17-9(3)18)6-29-16(22)24-5-12-8(2)26-15(21)28-12/h10H,4-6H2,1-3H3,(H,17,18)/t10-/m0/s1. The quantitative estimate of drug-likeness (QED) is 0.590. The SMILES string of the molecule is CC(=O)N[C@@H](CSC(=O)OCc1oc(=O)oc1C)C(=O)OCc1oc(=O)oc1C. The Morgan fingerprint density at radius 1 is 0.931 bits per heavy atom. The maximum Gasteiger partial charge on any atom is 0.519 e. The number of rotatable bonds is 8. The van der Waals surface area contributed by atoms with Crippen molar-refractivity contribution in [1.82, 2.24) is 5.32 Å². The molecule has 2 rings (SSSR count). The molecule has 0 aliphatic heterocycles. The van der Waals surface area contributed by atoms with Gasteiger partial charge in [-0.3, -0.25) is 4.79 Å². The highest BCUT2D eigenvalue weighted by Crippen LogP contribution is 2.14. The summed E-state index contributed by atoms with van der Waals surface area (Å²) in [6.07, 6.45) is 0. The summed E-state index contributed by atoms with van der Waals surface area (Å²) in [6, 6.07) is -1.17. The van der Waals surface area contributed by atoms with Gasteiger partial charge in [0, 0.05) is 12.7 Å². The van der Waals surface area contributed by atoms with Gasteiger partial charge in [-0.25, -0.2) is 19.2 Å². The van der Waals surface area contributed by atoms with Crippen LogP contribution in [0.3, 0.4) is 0 Å². The lowest BCUT2D eigenvalue weighted by atomic mass is 10.3. The van der Waals surface area contributed by atoms with E-state index in [4.69, 9.17) is 13.9 Å². The Morgan fingerprint density at radius 3 is 1.90 bits per heavy atom. The number of amides is 1. The number of carbonyl (C=O) groups excluding carboxylic acids is 3. The van der Waals surface area contributed by atoms with E-state index in [0.29, 0.717) is 11.8 Å². The molecular formula is C16H17NO11S. The van der Waals surface area contributed by atoms with Crippen LogP contribution < -0.4 is 17.0 Å². The fourth-order valence-corrected chi connectivity index (χ4v) is 2.65. The van der Waals surface area contributed by atoms with Crippen LogP contribution in [0.15, 0.2) is 27.3 Å². The number of ether oxygens (including phenoxy) is 2. The van der Waals surface area contributed by atoms with E-state index in [9.17, 15) is 24.0 Å². The van der Waals surface area contributed by atoms with E-state index in [-0.39, 0.29) is 42.0 Å². The minimum absolute atomic E-state index is 0.0222. The molecule has 0 aliphatic rings. The fraction of sp³-hybridized carbons (Fsp3) is 0.438. The molecular weight excluding hydrogens is 414 g/mol. The summed E-state index contributed by atoms with van der Waals surface area (Å²) in [5.74, 6) is -3.03. The van der Waals surface area contributed by atoms with Gasteiger partial charge in [0.05, 0.1) is 0 Å². The minimum Gasteiger partial charge on any atom is -0.456 e. The average molecular weight is 431 g/mol. The molecule has 0 bridgehead atoms. The molecule has 1 N–H and O–H groups in total. The third-order valence-electron chi connectivity index (χ3n) is 3.37. The first-order valence-corrected chi connectivity index (χ1v) is 9.06. The van der Waals surface area contributed by atoms with E-state index in [1.807, 2.05) is 0 Å². The van der Waals surface area contributed by atoms with Gasteiger partial charge in [0.1, 0.15) is 6.04 Å². The molecule has 0 aromatic carbocycles. The molecule has 12 nitrogen and oxygen atoms in total. The molecule has 0 aliphatic carbocycles. The third kappa shape index (κ3) is 6.71. The molecule has 0 spiro atoms. The van der Waals surface area contributed by atoms with E-state index in [1.165, 1.54) is 20.8 Å². The lowest BCUT2D eigenvalue weighted by molar-refractivity contribution is -0.148. The van der Waals surface area contributed by atoms with Crippen molar-refractivity contribution in [2.75, 3.05) is 5.75 Å². The van der Waals surface area contributed by atoms with Gasteiger partial charge in [0.25, 0.3) is 0 Å². The molecule has 2 heterocycles. The second-order valence-corrected chi connectivity index (χ2v) is 6.53.